The number of aromatic nitrogens is 1. The van der Waals surface area contributed by atoms with Crippen LogP contribution in [0.3, 0.4) is 0 Å². The van der Waals surface area contributed by atoms with Crippen LogP contribution in [0.15, 0.2) is 60.9 Å². The van der Waals surface area contributed by atoms with E-state index in [1.165, 1.54) is 0 Å². The molecule has 29 heavy (non-hydrogen) atoms. The van der Waals surface area contributed by atoms with E-state index in [2.05, 4.69) is 16.4 Å². The van der Waals surface area contributed by atoms with Crippen molar-refractivity contribution in [2.75, 3.05) is 19.8 Å². The molecule has 1 atom stereocenters. The first-order valence-corrected chi connectivity index (χ1v) is 9.65. The van der Waals surface area contributed by atoms with Gasteiger partial charge in [-0.1, -0.05) is 18.2 Å². The van der Waals surface area contributed by atoms with Crippen molar-refractivity contribution in [1.82, 2.24) is 10.3 Å². The van der Waals surface area contributed by atoms with Crippen LogP contribution in [0.25, 0.3) is 11.1 Å². The van der Waals surface area contributed by atoms with E-state index in [1.807, 2.05) is 24.3 Å². The molecule has 0 unspecified atom stereocenters. The zero-order valence-electron chi connectivity index (χ0n) is 15.8. The molecule has 1 N–H and O–H groups in total. The topological polar surface area (TPSA) is 69.7 Å². The van der Waals surface area contributed by atoms with Gasteiger partial charge in [-0.25, -0.2) is 0 Å². The highest BCUT2D eigenvalue weighted by molar-refractivity contribution is 5.95. The van der Waals surface area contributed by atoms with Crippen molar-refractivity contribution < 1.29 is 19.0 Å². The minimum atomic E-state index is -0.157. The first kappa shape index (κ1) is 17.6. The van der Waals surface area contributed by atoms with E-state index in [1.54, 1.807) is 30.6 Å². The molecule has 3 heterocycles. The summed E-state index contributed by atoms with van der Waals surface area (Å²) in [6, 6.07) is 15.3. The molecule has 3 aromatic rings. The zero-order valence-corrected chi connectivity index (χ0v) is 15.8. The quantitative estimate of drug-likeness (QED) is 0.743. The largest absolute Gasteiger partial charge is 0.487 e. The summed E-state index contributed by atoms with van der Waals surface area (Å²) in [6.07, 6.45) is 4.20. The van der Waals surface area contributed by atoms with Crippen molar-refractivity contribution in [2.45, 2.75) is 12.5 Å². The number of nitrogens with one attached hydrogen (secondary N) is 1. The summed E-state index contributed by atoms with van der Waals surface area (Å²) >= 11 is 0. The molecule has 6 nitrogen and oxygen atoms in total. The third kappa shape index (κ3) is 3.49. The van der Waals surface area contributed by atoms with E-state index >= 15 is 0 Å². The second-order valence-corrected chi connectivity index (χ2v) is 7.04. The summed E-state index contributed by atoms with van der Waals surface area (Å²) < 4.78 is 17.2. The number of para-hydroxylation sites is 1. The molecule has 6 heteroatoms. The maximum atomic E-state index is 12.6. The number of carbonyl (C=O) groups excluding carboxylic acids is 1. The number of fused-ring (bicyclic) bond motifs is 2. The predicted molar refractivity (Wildman–Crippen MR) is 108 cm³/mol. The third-order valence-electron chi connectivity index (χ3n) is 5.11. The highest BCUT2D eigenvalue weighted by atomic mass is 16.6. The molecule has 0 aliphatic carbocycles. The van der Waals surface area contributed by atoms with Crippen LogP contribution in [-0.2, 0) is 6.42 Å². The number of hydrogen-bond acceptors (Lipinski definition) is 5. The first-order chi connectivity index (χ1) is 14.3. The fourth-order valence-corrected chi connectivity index (χ4v) is 3.70. The van der Waals surface area contributed by atoms with Crippen LogP contribution >= 0.6 is 0 Å². The van der Waals surface area contributed by atoms with E-state index in [9.17, 15) is 4.79 Å². The smallest absolute Gasteiger partial charge is 0.251 e. The minimum absolute atomic E-state index is 0.103. The van der Waals surface area contributed by atoms with Gasteiger partial charge in [0.25, 0.3) is 5.91 Å². The zero-order chi connectivity index (χ0) is 19.6. The predicted octanol–water partition coefficient (Wildman–Crippen LogP) is 3.25. The van der Waals surface area contributed by atoms with Gasteiger partial charge in [-0.2, -0.15) is 0 Å². The van der Waals surface area contributed by atoms with Crippen molar-refractivity contribution in [3.8, 4) is 28.4 Å². The lowest BCUT2D eigenvalue weighted by Crippen LogP contribution is -2.34. The standard InChI is InChI=1S/C23H20N2O4/c26-23(17-4-5-20-21(13-17)28-11-10-27-20)25-14-18-12-16-2-1-3-19(22(16)29-18)15-6-8-24-9-7-15/h1-9,13,18H,10-12,14H2,(H,25,26)/t18-/m1/s1. The molecule has 1 amide bonds. The highest BCUT2D eigenvalue weighted by Gasteiger charge is 2.26. The molecule has 146 valence electrons. The van der Waals surface area contributed by atoms with Gasteiger partial charge in [0, 0.05) is 29.9 Å². The number of pyridine rings is 1. The van der Waals surface area contributed by atoms with Crippen LogP contribution in [0.1, 0.15) is 15.9 Å². The van der Waals surface area contributed by atoms with Crippen molar-refractivity contribution >= 4 is 5.91 Å². The van der Waals surface area contributed by atoms with E-state index < -0.39 is 0 Å². The van der Waals surface area contributed by atoms with E-state index in [0.29, 0.717) is 36.8 Å². The Bertz CT molecular complexity index is 1050. The third-order valence-corrected chi connectivity index (χ3v) is 5.11. The van der Waals surface area contributed by atoms with Gasteiger partial charge in [-0.3, -0.25) is 9.78 Å². The minimum Gasteiger partial charge on any atom is -0.487 e. The van der Waals surface area contributed by atoms with Gasteiger partial charge in [0.2, 0.25) is 0 Å². The number of carbonyl (C=O) groups is 1. The van der Waals surface area contributed by atoms with Crippen LogP contribution < -0.4 is 19.5 Å². The summed E-state index contributed by atoms with van der Waals surface area (Å²) in [5.74, 6) is 2.01. The van der Waals surface area contributed by atoms with Crippen LogP contribution in [-0.4, -0.2) is 36.8 Å². The number of rotatable bonds is 4. The normalized spacial score (nSPS) is 16.6. The average molecular weight is 388 g/mol. The number of benzene rings is 2. The van der Waals surface area contributed by atoms with Crippen molar-refractivity contribution in [1.29, 1.82) is 0 Å². The molecule has 1 aromatic heterocycles. The number of hydrogen-bond donors (Lipinski definition) is 1. The maximum Gasteiger partial charge on any atom is 0.251 e. The Morgan fingerprint density at radius 1 is 1.03 bits per heavy atom. The van der Waals surface area contributed by atoms with Crippen LogP contribution in [0, 0.1) is 0 Å². The first-order valence-electron chi connectivity index (χ1n) is 9.65. The molecule has 2 aliphatic rings. The van der Waals surface area contributed by atoms with Crippen molar-refractivity contribution in [2.24, 2.45) is 0 Å². The Labute approximate surface area is 168 Å². The van der Waals surface area contributed by atoms with Crippen molar-refractivity contribution in [3.05, 3.63) is 72.1 Å². The molecule has 0 saturated carbocycles. The lowest BCUT2D eigenvalue weighted by molar-refractivity contribution is 0.0932. The summed E-state index contributed by atoms with van der Waals surface area (Å²) in [6.45, 7) is 1.45. The molecule has 0 saturated heterocycles. The fourth-order valence-electron chi connectivity index (χ4n) is 3.70. The molecule has 0 radical (unpaired) electrons. The SMILES string of the molecule is O=C(NC[C@H]1Cc2cccc(-c3ccncc3)c2O1)c1ccc2c(c1)OCCO2. The van der Waals surface area contributed by atoms with Crippen molar-refractivity contribution in [3.63, 3.8) is 0 Å². The Hall–Kier alpha value is -3.54. The number of amides is 1. The Kier molecular flexibility index (Phi) is 4.52. The summed E-state index contributed by atoms with van der Waals surface area (Å²) in [5.41, 5.74) is 3.81. The van der Waals surface area contributed by atoms with Gasteiger partial charge in [0.15, 0.2) is 11.5 Å². The molecule has 2 aliphatic heterocycles. The average Bonchev–Trinajstić information content (AvgIpc) is 3.21. The Morgan fingerprint density at radius 2 is 1.86 bits per heavy atom. The molecule has 0 spiro atoms. The molecule has 5 rings (SSSR count). The van der Waals surface area contributed by atoms with Crippen LogP contribution in [0.2, 0.25) is 0 Å². The number of ether oxygens (including phenoxy) is 3. The van der Waals surface area contributed by atoms with Gasteiger partial charge in [0.05, 0.1) is 6.54 Å². The van der Waals surface area contributed by atoms with Crippen LogP contribution in [0.5, 0.6) is 17.2 Å². The fraction of sp³-hybridized carbons (Fsp3) is 0.217. The van der Waals surface area contributed by atoms with E-state index in [-0.39, 0.29) is 12.0 Å². The van der Waals surface area contributed by atoms with Crippen LogP contribution in [0.4, 0.5) is 0 Å². The number of nitrogens with zero attached hydrogens (tertiary/aromatic N) is 1. The molecular weight excluding hydrogens is 368 g/mol. The van der Waals surface area contributed by atoms with E-state index in [0.717, 1.165) is 28.9 Å². The van der Waals surface area contributed by atoms with Gasteiger partial charge >= 0.3 is 0 Å². The molecule has 0 bridgehead atoms. The van der Waals surface area contributed by atoms with Gasteiger partial charge in [-0.15, -0.1) is 0 Å². The lowest BCUT2D eigenvalue weighted by atomic mass is 10.0. The highest BCUT2D eigenvalue weighted by Crippen LogP contribution is 2.38. The van der Waals surface area contributed by atoms with Gasteiger partial charge in [0.1, 0.15) is 25.1 Å². The second kappa shape index (κ2) is 7.47. The molecule has 2 aromatic carbocycles. The lowest BCUT2D eigenvalue weighted by Gasteiger charge is -2.19. The van der Waals surface area contributed by atoms with Gasteiger partial charge < -0.3 is 19.5 Å². The maximum absolute atomic E-state index is 12.6. The monoisotopic (exact) mass is 388 g/mol. The summed E-state index contributed by atoms with van der Waals surface area (Å²) in [7, 11) is 0. The Morgan fingerprint density at radius 3 is 2.72 bits per heavy atom. The molecule has 0 fully saturated rings. The Balaban J connectivity index is 1.26. The van der Waals surface area contributed by atoms with Gasteiger partial charge in [-0.05, 0) is 41.5 Å². The summed E-state index contributed by atoms with van der Waals surface area (Å²) in [4.78, 5) is 16.7. The van der Waals surface area contributed by atoms with E-state index in [4.69, 9.17) is 14.2 Å². The molecular formula is C23H20N2O4. The second-order valence-electron chi connectivity index (χ2n) is 7.04. The summed E-state index contributed by atoms with van der Waals surface area (Å²) in [5, 5.41) is 2.97.